The summed E-state index contributed by atoms with van der Waals surface area (Å²) >= 11 is 0. The van der Waals surface area contributed by atoms with Crippen LogP contribution in [0.2, 0.25) is 0 Å². The lowest BCUT2D eigenvalue weighted by Gasteiger charge is -2.15. The van der Waals surface area contributed by atoms with Gasteiger partial charge in [-0.2, -0.15) is 0 Å². The molecule has 1 fully saturated rings. The van der Waals surface area contributed by atoms with Gasteiger partial charge in [0.25, 0.3) is 0 Å². The summed E-state index contributed by atoms with van der Waals surface area (Å²) in [6.07, 6.45) is 2.79. The number of hydrogen-bond donors (Lipinski definition) is 1. The normalized spacial score (nSPS) is 16.7. The quantitative estimate of drug-likeness (QED) is 0.752. The van der Waals surface area contributed by atoms with E-state index >= 15 is 0 Å². The molecule has 0 spiro atoms. The highest BCUT2D eigenvalue weighted by Crippen LogP contribution is 2.32. The van der Waals surface area contributed by atoms with Crippen molar-refractivity contribution in [3.63, 3.8) is 0 Å². The average Bonchev–Trinajstić information content (AvgIpc) is 3.18. The van der Waals surface area contributed by atoms with Crippen molar-refractivity contribution in [3.05, 3.63) is 29.3 Å². The minimum absolute atomic E-state index is 0.579. The van der Waals surface area contributed by atoms with E-state index < -0.39 is 0 Å². The molecule has 0 saturated heterocycles. The van der Waals surface area contributed by atoms with Crippen molar-refractivity contribution in [2.45, 2.75) is 52.5 Å². The fraction of sp³-hybridized carbons (Fsp3) is 0.647. The first-order valence-electron chi connectivity index (χ1n) is 7.54. The molecule has 0 aromatic heterocycles. The topological polar surface area (TPSA) is 21.3 Å². The van der Waals surface area contributed by atoms with Gasteiger partial charge in [0.15, 0.2) is 0 Å². The van der Waals surface area contributed by atoms with E-state index in [1.165, 1.54) is 24.0 Å². The van der Waals surface area contributed by atoms with Crippen LogP contribution in [0, 0.1) is 12.8 Å². The first-order valence-corrected chi connectivity index (χ1v) is 7.54. The third kappa shape index (κ3) is 4.24. The van der Waals surface area contributed by atoms with Gasteiger partial charge >= 0.3 is 0 Å². The molecule has 2 rings (SSSR count). The summed E-state index contributed by atoms with van der Waals surface area (Å²) in [6.45, 7) is 10.6. The maximum absolute atomic E-state index is 5.81. The lowest BCUT2D eigenvalue weighted by Crippen LogP contribution is -2.31. The number of aryl methyl sites for hydroxylation is 1. The molecule has 1 saturated carbocycles. The van der Waals surface area contributed by atoms with Crippen LogP contribution in [0.1, 0.15) is 50.7 Å². The summed E-state index contributed by atoms with van der Waals surface area (Å²) in [6, 6.07) is 7.08. The van der Waals surface area contributed by atoms with Crippen LogP contribution in [0.5, 0.6) is 5.75 Å². The molecule has 0 amide bonds. The third-order valence-electron chi connectivity index (χ3n) is 4.03. The molecule has 1 unspecified atom stereocenters. The molecule has 1 atom stereocenters. The largest absolute Gasteiger partial charge is 0.492 e. The molecule has 1 aliphatic carbocycles. The van der Waals surface area contributed by atoms with Gasteiger partial charge in [-0.1, -0.05) is 19.9 Å². The van der Waals surface area contributed by atoms with Gasteiger partial charge in [-0.25, -0.2) is 0 Å². The monoisotopic (exact) mass is 261 g/mol. The van der Waals surface area contributed by atoms with Crippen LogP contribution < -0.4 is 10.1 Å². The second-order valence-corrected chi connectivity index (χ2v) is 6.10. The van der Waals surface area contributed by atoms with Crippen LogP contribution in [-0.2, 0) is 0 Å². The van der Waals surface area contributed by atoms with Crippen molar-refractivity contribution in [2.75, 3.05) is 13.2 Å². The number of ether oxygens (including phenoxy) is 1. The SMILES string of the molecule is Cc1cc(OCCNC(C)C2CC2)ccc1C(C)C. The molecule has 19 heavy (non-hydrogen) atoms. The predicted octanol–water partition coefficient (Wildman–Crippen LogP) is 3.89. The van der Waals surface area contributed by atoms with Crippen molar-refractivity contribution in [2.24, 2.45) is 5.92 Å². The Morgan fingerprint density at radius 1 is 1.26 bits per heavy atom. The van der Waals surface area contributed by atoms with Crippen molar-refractivity contribution >= 4 is 0 Å². The predicted molar refractivity (Wildman–Crippen MR) is 81.0 cm³/mol. The van der Waals surface area contributed by atoms with Crippen LogP contribution in [0.3, 0.4) is 0 Å². The molecule has 0 aliphatic heterocycles. The smallest absolute Gasteiger partial charge is 0.119 e. The average molecular weight is 261 g/mol. The molecular weight excluding hydrogens is 234 g/mol. The zero-order chi connectivity index (χ0) is 13.8. The van der Waals surface area contributed by atoms with Gasteiger partial charge in [-0.3, -0.25) is 0 Å². The summed E-state index contributed by atoms with van der Waals surface area (Å²) in [4.78, 5) is 0. The lowest BCUT2D eigenvalue weighted by molar-refractivity contribution is 0.303. The highest BCUT2D eigenvalue weighted by atomic mass is 16.5. The van der Waals surface area contributed by atoms with E-state index in [9.17, 15) is 0 Å². The zero-order valence-corrected chi connectivity index (χ0v) is 12.7. The van der Waals surface area contributed by atoms with Crippen molar-refractivity contribution < 1.29 is 4.74 Å². The van der Waals surface area contributed by atoms with E-state index in [4.69, 9.17) is 4.74 Å². The van der Waals surface area contributed by atoms with E-state index in [0.29, 0.717) is 12.0 Å². The van der Waals surface area contributed by atoms with Crippen molar-refractivity contribution in [1.29, 1.82) is 0 Å². The standard InChI is InChI=1S/C17H27NO/c1-12(2)17-8-7-16(11-13(17)3)19-10-9-18-14(4)15-5-6-15/h7-8,11-12,14-15,18H,5-6,9-10H2,1-4H3. The summed E-state index contributed by atoms with van der Waals surface area (Å²) < 4.78 is 5.81. The van der Waals surface area contributed by atoms with Gasteiger partial charge in [0, 0.05) is 12.6 Å². The fourth-order valence-electron chi connectivity index (χ4n) is 2.60. The number of rotatable bonds is 7. The molecule has 2 heteroatoms. The Morgan fingerprint density at radius 2 is 2.00 bits per heavy atom. The Hall–Kier alpha value is -1.02. The van der Waals surface area contributed by atoms with Crippen molar-refractivity contribution in [1.82, 2.24) is 5.32 Å². The molecule has 2 nitrogen and oxygen atoms in total. The number of benzene rings is 1. The van der Waals surface area contributed by atoms with E-state index in [1.807, 2.05) is 0 Å². The van der Waals surface area contributed by atoms with Crippen LogP contribution in [0.15, 0.2) is 18.2 Å². The second kappa shape index (κ2) is 6.42. The van der Waals surface area contributed by atoms with Gasteiger partial charge in [0.2, 0.25) is 0 Å². The second-order valence-electron chi connectivity index (χ2n) is 6.10. The molecule has 106 valence electrons. The summed E-state index contributed by atoms with van der Waals surface area (Å²) in [5.41, 5.74) is 2.74. The lowest BCUT2D eigenvalue weighted by atomic mass is 9.98. The van der Waals surface area contributed by atoms with Crippen molar-refractivity contribution in [3.8, 4) is 5.75 Å². The maximum Gasteiger partial charge on any atom is 0.119 e. The minimum atomic E-state index is 0.579. The Bertz CT molecular complexity index is 410. The molecule has 1 N–H and O–H groups in total. The first-order chi connectivity index (χ1) is 9.08. The molecule has 1 aromatic rings. The van der Waals surface area contributed by atoms with E-state index in [0.717, 1.165) is 24.8 Å². The van der Waals surface area contributed by atoms with Crippen LogP contribution in [0.25, 0.3) is 0 Å². The van der Waals surface area contributed by atoms with Gasteiger partial charge in [0.1, 0.15) is 12.4 Å². The van der Waals surface area contributed by atoms with E-state index in [1.54, 1.807) is 0 Å². The molecule has 0 radical (unpaired) electrons. The van der Waals surface area contributed by atoms with Gasteiger partial charge < -0.3 is 10.1 Å². The summed E-state index contributed by atoms with van der Waals surface area (Å²) in [5, 5.41) is 3.53. The fourth-order valence-corrected chi connectivity index (χ4v) is 2.60. The Balaban J connectivity index is 1.74. The number of hydrogen-bond acceptors (Lipinski definition) is 2. The summed E-state index contributed by atoms with van der Waals surface area (Å²) in [7, 11) is 0. The van der Waals surface area contributed by atoms with Gasteiger partial charge in [-0.15, -0.1) is 0 Å². The Morgan fingerprint density at radius 3 is 2.58 bits per heavy atom. The Labute approximate surface area is 117 Å². The van der Waals surface area contributed by atoms with Gasteiger partial charge in [0.05, 0.1) is 0 Å². The molecular formula is C17H27NO. The van der Waals surface area contributed by atoms with Crippen LogP contribution in [0.4, 0.5) is 0 Å². The first kappa shape index (κ1) is 14.4. The Kier molecular flexibility index (Phi) is 4.87. The maximum atomic E-state index is 5.81. The van der Waals surface area contributed by atoms with Gasteiger partial charge in [-0.05, 0) is 61.8 Å². The molecule has 0 bridgehead atoms. The van der Waals surface area contributed by atoms with Crippen LogP contribution in [-0.4, -0.2) is 19.2 Å². The highest BCUT2D eigenvalue weighted by Gasteiger charge is 2.27. The molecule has 0 heterocycles. The molecule has 1 aliphatic rings. The highest BCUT2D eigenvalue weighted by molar-refractivity contribution is 5.36. The van der Waals surface area contributed by atoms with Crippen LogP contribution >= 0.6 is 0 Å². The van der Waals surface area contributed by atoms with E-state index in [2.05, 4.69) is 51.2 Å². The van der Waals surface area contributed by atoms with E-state index in [-0.39, 0.29) is 0 Å². The zero-order valence-electron chi connectivity index (χ0n) is 12.7. The third-order valence-corrected chi connectivity index (χ3v) is 4.03. The number of nitrogens with one attached hydrogen (secondary N) is 1. The minimum Gasteiger partial charge on any atom is -0.492 e. The summed E-state index contributed by atoms with van der Waals surface area (Å²) in [5.74, 6) is 2.48. The molecule has 1 aromatic carbocycles.